The van der Waals surface area contributed by atoms with E-state index >= 15 is 0 Å². The van der Waals surface area contributed by atoms with Gasteiger partial charge >= 0.3 is 0 Å². The van der Waals surface area contributed by atoms with Gasteiger partial charge in [-0.25, -0.2) is 0 Å². The van der Waals surface area contributed by atoms with Gasteiger partial charge in [0, 0.05) is 18.2 Å². The third-order valence-electron chi connectivity index (χ3n) is 3.37. The number of aliphatic imine (C=N–C) groups is 1. The predicted molar refractivity (Wildman–Crippen MR) is 84.6 cm³/mol. The van der Waals surface area contributed by atoms with Crippen molar-refractivity contribution in [3.8, 4) is 11.8 Å². The number of para-hydroxylation sites is 1. The molecule has 0 unspecified atom stereocenters. The fourth-order valence-electron chi connectivity index (χ4n) is 2.20. The first-order valence-corrected chi connectivity index (χ1v) is 6.73. The van der Waals surface area contributed by atoms with Gasteiger partial charge < -0.3 is 4.90 Å². The van der Waals surface area contributed by atoms with Gasteiger partial charge in [0.05, 0.1) is 5.69 Å². The van der Waals surface area contributed by atoms with Crippen molar-refractivity contribution in [2.24, 2.45) is 4.99 Å². The molecule has 3 nitrogen and oxygen atoms in total. The second-order valence-corrected chi connectivity index (χ2v) is 4.75. The molecule has 1 heterocycles. The summed E-state index contributed by atoms with van der Waals surface area (Å²) in [5.41, 5.74) is 3.34. The Bertz CT molecular complexity index is 767. The fourth-order valence-corrected chi connectivity index (χ4v) is 2.20. The van der Waals surface area contributed by atoms with E-state index in [2.05, 4.69) is 16.8 Å². The van der Waals surface area contributed by atoms with Crippen molar-refractivity contribution in [3.63, 3.8) is 0 Å². The monoisotopic (exact) mass is 274 g/mol. The lowest BCUT2D eigenvalue weighted by molar-refractivity contribution is -0.116. The molecule has 3 heteroatoms. The number of anilines is 1. The van der Waals surface area contributed by atoms with E-state index in [0.717, 1.165) is 16.8 Å². The van der Waals surface area contributed by atoms with E-state index in [4.69, 9.17) is 0 Å². The SMILES string of the molecule is CN1C(=O)CN=C(C#Cc2ccccc2)c2ccccc21. The van der Waals surface area contributed by atoms with Crippen LogP contribution in [-0.2, 0) is 4.79 Å². The van der Waals surface area contributed by atoms with E-state index in [9.17, 15) is 4.79 Å². The zero-order valence-electron chi connectivity index (χ0n) is 11.7. The quantitative estimate of drug-likeness (QED) is 0.679. The highest BCUT2D eigenvalue weighted by molar-refractivity contribution is 6.19. The molecule has 2 aromatic carbocycles. The number of rotatable bonds is 0. The van der Waals surface area contributed by atoms with Gasteiger partial charge in [0.2, 0.25) is 5.91 Å². The molecular formula is C18H14N2O. The average molecular weight is 274 g/mol. The van der Waals surface area contributed by atoms with Crippen molar-refractivity contribution in [1.29, 1.82) is 0 Å². The Balaban J connectivity index is 2.05. The number of hydrogen-bond acceptors (Lipinski definition) is 2. The van der Waals surface area contributed by atoms with E-state index in [1.807, 2.05) is 54.6 Å². The van der Waals surface area contributed by atoms with Gasteiger partial charge in [-0.05, 0) is 24.1 Å². The lowest BCUT2D eigenvalue weighted by atomic mass is 10.1. The Labute approximate surface area is 123 Å². The van der Waals surface area contributed by atoms with Crippen LogP contribution in [0, 0.1) is 11.8 Å². The molecule has 1 amide bonds. The molecule has 2 aromatic rings. The van der Waals surface area contributed by atoms with Crippen molar-refractivity contribution < 1.29 is 4.79 Å². The number of hydrogen-bond donors (Lipinski definition) is 0. The Kier molecular flexibility index (Phi) is 3.53. The van der Waals surface area contributed by atoms with Gasteiger partial charge in [-0.3, -0.25) is 9.79 Å². The highest BCUT2D eigenvalue weighted by atomic mass is 16.2. The number of benzodiazepines with no additional fused rings is 1. The van der Waals surface area contributed by atoms with Gasteiger partial charge in [0.15, 0.2) is 0 Å². The van der Waals surface area contributed by atoms with Gasteiger partial charge in [-0.1, -0.05) is 42.3 Å². The lowest BCUT2D eigenvalue weighted by Crippen LogP contribution is -2.27. The van der Waals surface area contributed by atoms with Crippen LogP contribution in [0.1, 0.15) is 11.1 Å². The fraction of sp³-hybridized carbons (Fsp3) is 0.111. The van der Waals surface area contributed by atoms with Crippen LogP contribution in [0.15, 0.2) is 59.6 Å². The largest absolute Gasteiger partial charge is 0.313 e. The van der Waals surface area contributed by atoms with Crippen LogP contribution in [0.4, 0.5) is 5.69 Å². The first-order valence-electron chi connectivity index (χ1n) is 6.73. The van der Waals surface area contributed by atoms with E-state index in [1.54, 1.807) is 11.9 Å². The highest BCUT2D eigenvalue weighted by Gasteiger charge is 2.19. The molecular weight excluding hydrogens is 260 g/mol. The van der Waals surface area contributed by atoms with Gasteiger partial charge in [-0.2, -0.15) is 0 Å². The molecule has 0 saturated heterocycles. The summed E-state index contributed by atoms with van der Waals surface area (Å²) in [4.78, 5) is 18.0. The molecule has 0 N–H and O–H groups in total. The molecule has 0 aliphatic carbocycles. The highest BCUT2D eigenvalue weighted by Crippen LogP contribution is 2.22. The Morgan fingerprint density at radius 2 is 1.71 bits per heavy atom. The summed E-state index contributed by atoms with van der Waals surface area (Å²) in [6, 6.07) is 17.5. The van der Waals surface area contributed by atoms with Crippen molar-refractivity contribution in [2.45, 2.75) is 0 Å². The topological polar surface area (TPSA) is 32.7 Å². The van der Waals surface area contributed by atoms with Crippen molar-refractivity contribution in [3.05, 3.63) is 65.7 Å². The standard InChI is InChI=1S/C18H14N2O/c1-20-17-10-6-5-9-15(17)16(19-13-18(20)21)12-11-14-7-3-2-4-8-14/h2-10H,13H2,1H3. The summed E-state index contributed by atoms with van der Waals surface area (Å²) in [5, 5.41) is 0. The molecule has 1 aliphatic heterocycles. The minimum absolute atomic E-state index is 0.0287. The predicted octanol–water partition coefficient (Wildman–Crippen LogP) is 2.50. The number of carbonyl (C=O) groups is 1. The maximum atomic E-state index is 12.0. The van der Waals surface area contributed by atoms with Crippen LogP contribution in [0.2, 0.25) is 0 Å². The summed E-state index contributed by atoms with van der Waals surface area (Å²) in [5.74, 6) is 6.17. The van der Waals surface area contributed by atoms with Crippen LogP contribution in [0.3, 0.4) is 0 Å². The first kappa shape index (κ1) is 13.1. The van der Waals surface area contributed by atoms with E-state index in [1.165, 1.54) is 0 Å². The summed E-state index contributed by atoms with van der Waals surface area (Å²) >= 11 is 0. The first-order chi connectivity index (χ1) is 10.3. The van der Waals surface area contributed by atoms with Crippen LogP contribution in [0.5, 0.6) is 0 Å². The summed E-state index contributed by atoms with van der Waals surface area (Å²) in [6.45, 7) is 0.129. The number of nitrogens with zero attached hydrogens (tertiary/aromatic N) is 2. The maximum absolute atomic E-state index is 12.0. The Hall–Kier alpha value is -2.86. The average Bonchev–Trinajstić information content (AvgIpc) is 2.66. The number of fused-ring (bicyclic) bond motifs is 1. The minimum atomic E-state index is -0.0287. The van der Waals surface area contributed by atoms with Crippen molar-refractivity contribution in [2.75, 3.05) is 18.5 Å². The molecule has 0 atom stereocenters. The molecule has 1 aliphatic rings. The van der Waals surface area contributed by atoms with Gasteiger partial charge in [0.1, 0.15) is 12.3 Å². The molecule has 0 spiro atoms. The third-order valence-corrected chi connectivity index (χ3v) is 3.37. The second-order valence-electron chi connectivity index (χ2n) is 4.75. The zero-order chi connectivity index (χ0) is 14.7. The maximum Gasteiger partial charge on any atom is 0.248 e. The van der Waals surface area contributed by atoms with Crippen molar-refractivity contribution in [1.82, 2.24) is 0 Å². The van der Waals surface area contributed by atoms with Gasteiger partial charge in [-0.15, -0.1) is 0 Å². The summed E-state index contributed by atoms with van der Waals surface area (Å²) < 4.78 is 0. The molecule has 0 bridgehead atoms. The molecule has 21 heavy (non-hydrogen) atoms. The number of benzene rings is 2. The molecule has 0 saturated carbocycles. The number of carbonyl (C=O) groups excluding carboxylic acids is 1. The Morgan fingerprint density at radius 1 is 1.00 bits per heavy atom. The molecule has 3 rings (SSSR count). The second kappa shape index (κ2) is 5.64. The summed E-state index contributed by atoms with van der Waals surface area (Å²) in [7, 11) is 1.77. The molecule has 102 valence electrons. The third kappa shape index (κ3) is 2.70. The van der Waals surface area contributed by atoms with Crippen molar-refractivity contribution >= 4 is 17.3 Å². The minimum Gasteiger partial charge on any atom is -0.313 e. The normalized spacial score (nSPS) is 13.7. The van der Waals surface area contributed by atoms with E-state index in [-0.39, 0.29) is 12.5 Å². The van der Waals surface area contributed by atoms with E-state index in [0.29, 0.717) is 5.71 Å². The Morgan fingerprint density at radius 3 is 2.52 bits per heavy atom. The van der Waals surface area contributed by atoms with Gasteiger partial charge in [0.25, 0.3) is 0 Å². The number of likely N-dealkylation sites (N-methyl/N-ethyl adjacent to an activating group) is 1. The zero-order valence-corrected chi connectivity index (χ0v) is 11.7. The van der Waals surface area contributed by atoms with Crippen LogP contribution >= 0.6 is 0 Å². The molecule has 0 radical (unpaired) electrons. The molecule has 0 fully saturated rings. The van der Waals surface area contributed by atoms with Crippen LogP contribution in [-0.4, -0.2) is 25.2 Å². The summed E-state index contributed by atoms with van der Waals surface area (Å²) in [6.07, 6.45) is 0. The van der Waals surface area contributed by atoms with E-state index < -0.39 is 0 Å². The van der Waals surface area contributed by atoms with Crippen LogP contribution < -0.4 is 4.90 Å². The lowest BCUT2D eigenvalue weighted by Gasteiger charge is -2.16. The molecule has 0 aromatic heterocycles. The number of amides is 1. The smallest absolute Gasteiger partial charge is 0.248 e. The van der Waals surface area contributed by atoms with Crippen LogP contribution in [0.25, 0.3) is 0 Å².